The van der Waals surface area contributed by atoms with E-state index in [-0.39, 0.29) is 6.61 Å². The van der Waals surface area contributed by atoms with Crippen LogP contribution in [0.4, 0.5) is 0 Å². The molecule has 0 aromatic heterocycles. The Morgan fingerprint density at radius 1 is 1.07 bits per heavy atom. The molecule has 0 aliphatic rings. The number of benzene rings is 1. The Bertz CT molecular complexity index is 284. The largest absolute Gasteiger partial charge is 0.497 e. The minimum absolute atomic E-state index is 0.114. The van der Waals surface area contributed by atoms with E-state index < -0.39 is 0 Å². The van der Waals surface area contributed by atoms with Crippen LogP contribution < -0.4 is 14.2 Å². The van der Waals surface area contributed by atoms with Crippen LogP contribution in [0.15, 0.2) is 12.1 Å². The van der Waals surface area contributed by atoms with E-state index in [0.717, 1.165) is 0 Å². The van der Waals surface area contributed by atoms with Gasteiger partial charge in [0.05, 0.1) is 27.9 Å². The van der Waals surface area contributed by atoms with Gasteiger partial charge in [0.15, 0.2) is 11.5 Å². The third-order valence-electron chi connectivity index (χ3n) is 1.94. The molecule has 0 saturated carbocycles. The molecule has 0 bridgehead atoms. The second kappa shape index (κ2) is 4.72. The lowest BCUT2D eigenvalue weighted by atomic mass is 10.2. The summed E-state index contributed by atoms with van der Waals surface area (Å²) in [4.78, 5) is 0. The van der Waals surface area contributed by atoms with Crippen molar-refractivity contribution in [1.82, 2.24) is 0 Å². The quantitative estimate of drug-likeness (QED) is 0.789. The number of hydrogen-bond acceptors (Lipinski definition) is 4. The Labute approximate surface area is 83.0 Å². The summed E-state index contributed by atoms with van der Waals surface area (Å²) in [7, 11) is 4.63. The Morgan fingerprint density at radius 2 is 1.79 bits per heavy atom. The Morgan fingerprint density at radius 3 is 2.21 bits per heavy atom. The monoisotopic (exact) mass is 198 g/mol. The summed E-state index contributed by atoms with van der Waals surface area (Å²) in [5, 5.41) is 9.10. The van der Waals surface area contributed by atoms with Crippen LogP contribution in [0, 0.1) is 0 Å². The lowest BCUT2D eigenvalue weighted by Crippen LogP contribution is -1.97. The van der Waals surface area contributed by atoms with Crippen molar-refractivity contribution in [2.45, 2.75) is 6.61 Å². The molecule has 0 spiro atoms. The van der Waals surface area contributed by atoms with Gasteiger partial charge in [-0.1, -0.05) is 0 Å². The predicted octanol–water partition coefficient (Wildman–Crippen LogP) is 1.20. The maximum atomic E-state index is 9.10. The second-order valence-electron chi connectivity index (χ2n) is 2.68. The van der Waals surface area contributed by atoms with Gasteiger partial charge in [-0.25, -0.2) is 0 Å². The summed E-state index contributed by atoms with van der Waals surface area (Å²) >= 11 is 0. The molecule has 0 atom stereocenters. The van der Waals surface area contributed by atoms with Crippen LogP contribution in [0.2, 0.25) is 0 Å². The van der Waals surface area contributed by atoms with Crippen molar-refractivity contribution in [2.24, 2.45) is 0 Å². The number of hydrogen-bond donors (Lipinski definition) is 1. The molecule has 0 aliphatic heterocycles. The summed E-state index contributed by atoms with van der Waals surface area (Å²) in [6, 6.07) is 3.42. The Balaban J connectivity index is 3.24. The minimum atomic E-state index is -0.114. The fourth-order valence-electron chi connectivity index (χ4n) is 1.25. The van der Waals surface area contributed by atoms with E-state index >= 15 is 0 Å². The smallest absolute Gasteiger partial charge is 0.166 e. The van der Waals surface area contributed by atoms with Crippen molar-refractivity contribution in [1.29, 1.82) is 0 Å². The van der Waals surface area contributed by atoms with Gasteiger partial charge in [-0.3, -0.25) is 0 Å². The average Bonchev–Trinajstić information content (AvgIpc) is 2.26. The van der Waals surface area contributed by atoms with Crippen LogP contribution in [0.1, 0.15) is 5.56 Å². The summed E-state index contributed by atoms with van der Waals surface area (Å²) < 4.78 is 15.3. The van der Waals surface area contributed by atoms with E-state index in [0.29, 0.717) is 22.8 Å². The standard InChI is InChI=1S/C10H14O4/c1-12-8-4-7(6-11)10(14-3)9(5-8)13-2/h4-5,11H,6H2,1-3H3. The summed E-state index contributed by atoms with van der Waals surface area (Å²) in [6.45, 7) is -0.114. The molecule has 0 fully saturated rings. The molecule has 0 heterocycles. The van der Waals surface area contributed by atoms with Gasteiger partial charge in [-0.2, -0.15) is 0 Å². The van der Waals surface area contributed by atoms with Gasteiger partial charge in [0.1, 0.15) is 5.75 Å². The molecule has 0 unspecified atom stereocenters. The first-order chi connectivity index (χ1) is 6.76. The molecule has 14 heavy (non-hydrogen) atoms. The average molecular weight is 198 g/mol. The van der Waals surface area contributed by atoms with Gasteiger partial charge in [-0.05, 0) is 6.07 Å². The summed E-state index contributed by atoms with van der Waals surface area (Å²) in [5.74, 6) is 1.72. The SMILES string of the molecule is COc1cc(CO)c(OC)c(OC)c1. The molecule has 78 valence electrons. The van der Waals surface area contributed by atoms with Gasteiger partial charge in [0.25, 0.3) is 0 Å². The lowest BCUT2D eigenvalue weighted by Gasteiger charge is -2.12. The van der Waals surface area contributed by atoms with Crippen molar-refractivity contribution in [3.05, 3.63) is 17.7 Å². The highest BCUT2D eigenvalue weighted by Crippen LogP contribution is 2.35. The highest BCUT2D eigenvalue weighted by Gasteiger charge is 2.11. The second-order valence-corrected chi connectivity index (χ2v) is 2.68. The Kier molecular flexibility index (Phi) is 3.59. The first-order valence-electron chi connectivity index (χ1n) is 4.16. The number of rotatable bonds is 4. The molecule has 1 aromatic rings. The van der Waals surface area contributed by atoms with Gasteiger partial charge in [0.2, 0.25) is 0 Å². The zero-order valence-electron chi connectivity index (χ0n) is 8.53. The molecule has 4 nitrogen and oxygen atoms in total. The van der Waals surface area contributed by atoms with Crippen molar-refractivity contribution in [2.75, 3.05) is 21.3 Å². The van der Waals surface area contributed by atoms with Gasteiger partial charge >= 0.3 is 0 Å². The fourth-order valence-corrected chi connectivity index (χ4v) is 1.25. The van der Waals surface area contributed by atoms with Crippen LogP contribution in [0.3, 0.4) is 0 Å². The number of aliphatic hydroxyl groups excluding tert-OH is 1. The molecular weight excluding hydrogens is 184 g/mol. The van der Waals surface area contributed by atoms with Crippen LogP contribution >= 0.6 is 0 Å². The number of methoxy groups -OCH3 is 3. The molecule has 0 aliphatic carbocycles. The highest BCUT2D eigenvalue weighted by atomic mass is 16.5. The summed E-state index contributed by atoms with van der Waals surface area (Å²) in [5.41, 5.74) is 0.642. The van der Waals surface area contributed by atoms with E-state index in [1.165, 1.54) is 7.11 Å². The van der Waals surface area contributed by atoms with E-state index in [9.17, 15) is 0 Å². The Hall–Kier alpha value is -1.42. The van der Waals surface area contributed by atoms with Gasteiger partial charge in [-0.15, -0.1) is 0 Å². The molecule has 4 heteroatoms. The molecule has 0 saturated heterocycles. The summed E-state index contributed by atoms with van der Waals surface area (Å²) in [6.07, 6.45) is 0. The van der Waals surface area contributed by atoms with E-state index in [4.69, 9.17) is 19.3 Å². The van der Waals surface area contributed by atoms with Crippen LogP contribution in [-0.2, 0) is 6.61 Å². The minimum Gasteiger partial charge on any atom is -0.497 e. The molecular formula is C10H14O4. The topological polar surface area (TPSA) is 47.9 Å². The van der Waals surface area contributed by atoms with Crippen molar-refractivity contribution in [3.8, 4) is 17.2 Å². The predicted molar refractivity (Wildman–Crippen MR) is 52.0 cm³/mol. The molecule has 0 amide bonds. The molecule has 0 radical (unpaired) electrons. The van der Waals surface area contributed by atoms with Crippen molar-refractivity contribution >= 4 is 0 Å². The molecule has 1 aromatic carbocycles. The molecule has 1 rings (SSSR count). The first-order valence-corrected chi connectivity index (χ1v) is 4.16. The third kappa shape index (κ3) is 1.90. The highest BCUT2D eigenvalue weighted by molar-refractivity contribution is 5.51. The van der Waals surface area contributed by atoms with Crippen molar-refractivity contribution < 1.29 is 19.3 Å². The normalized spacial score (nSPS) is 9.71. The maximum absolute atomic E-state index is 9.10. The fraction of sp³-hybridized carbons (Fsp3) is 0.400. The zero-order valence-corrected chi connectivity index (χ0v) is 8.53. The number of aliphatic hydroxyl groups is 1. The third-order valence-corrected chi connectivity index (χ3v) is 1.94. The first kappa shape index (κ1) is 10.7. The number of ether oxygens (including phenoxy) is 3. The van der Waals surface area contributed by atoms with Gasteiger partial charge in [0, 0.05) is 11.6 Å². The van der Waals surface area contributed by atoms with Crippen LogP contribution in [0.5, 0.6) is 17.2 Å². The molecule has 1 N–H and O–H groups in total. The maximum Gasteiger partial charge on any atom is 0.166 e. The van der Waals surface area contributed by atoms with Crippen LogP contribution in [0.25, 0.3) is 0 Å². The lowest BCUT2D eigenvalue weighted by molar-refractivity contribution is 0.268. The van der Waals surface area contributed by atoms with E-state index in [2.05, 4.69) is 0 Å². The van der Waals surface area contributed by atoms with Crippen molar-refractivity contribution in [3.63, 3.8) is 0 Å². The van der Waals surface area contributed by atoms with E-state index in [1.807, 2.05) is 0 Å². The van der Waals surface area contributed by atoms with E-state index in [1.54, 1.807) is 26.4 Å². The van der Waals surface area contributed by atoms with Gasteiger partial charge < -0.3 is 19.3 Å². The van der Waals surface area contributed by atoms with Crippen LogP contribution in [-0.4, -0.2) is 26.4 Å². The zero-order chi connectivity index (χ0) is 10.6.